The van der Waals surface area contributed by atoms with Gasteiger partial charge in [0.05, 0.1) is 6.10 Å². The van der Waals surface area contributed by atoms with E-state index in [1.165, 1.54) is 0 Å². The molecule has 136 valence electrons. The van der Waals surface area contributed by atoms with Crippen molar-refractivity contribution in [1.82, 2.24) is 15.0 Å². The smallest absolute Gasteiger partial charge is 0.230 e. The predicted molar refractivity (Wildman–Crippen MR) is 103 cm³/mol. The van der Waals surface area contributed by atoms with E-state index < -0.39 is 6.10 Å². The van der Waals surface area contributed by atoms with Crippen LogP contribution >= 0.6 is 11.3 Å². The van der Waals surface area contributed by atoms with Gasteiger partial charge in [0.2, 0.25) is 11.9 Å². The molecular formula is C18H27N5OS. The van der Waals surface area contributed by atoms with E-state index in [4.69, 9.17) is 4.98 Å². The van der Waals surface area contributed by atoms with Gasteiger partial charge in [-0.05, 0) is 30.7 Å². The zero-order valence-electron chi connectivity index (χ0n) is 15.4. The van der Waals surface area contributed by atoms with Gasteiger partial charge in [0.15, 0.2) is 0 Å². The van der Waals surface area contributed by atoms with Crippen LogP contribution in [-0.2, 0) is 0 Å². The molecule has 0 bridgehead atoms. The number of hydrogen-bond donors (Lipinski definition) is 1. The van der Waals surface area contributed by atoms with Gasteiger partial charge in [-0.25, -0.2) is 0 Å². The third-order valence-corrected chi connectivity index (χ3v) is 5.52. The lowest BCUT2D eigenvalue weighted by atomic mass is 10.1. The molecule has 2 aromatic heterocycles. The molecule has 3 rings (SSSR count). The lowest BCUT2D eigenvalue weighted by Crippen LogP contribution is -2.33. The van der Waals surface area contributed by atoms with E-state index in [2.05, 4.69) is 28.7 Å². The number of aliphatic hydroxyl groups is 1. The van der Waals surface area contributed by atoms with Crippen molar-refractivity contribution in [2.24, 2.45) is 0 Å². The van der Waals surface area contributed by atoms with Crippen LogP contribution in [0.2, 0.25) is 0 Å². The van der Waals surface area contributed by atoms with Crippen LogP contribution in [-0.4, -0.2) is 46.7 Å². The second-order valence-electron chi connectivity index (χ2n) is 7.10. The molecule has 1 N–H and O–H groups in total. The van der Waals surface area contributed by atoms with Gasteiger partial charge in [-0.3, -0.25) is 0 Å². The average Bonchev–Trinajstić information content (AvgIpc) is 3.25. The minimum Gasteiger partial charge on any atom is -0.387 e. The molecule has 7 heteroatoms. The average molecular weight is 362 g/mol. The van der Waals surface area contributed by atoms with Gasteiger partial charge in [-0.2, -0.15) is 15.0 Å². The summed E-state index contributed by atoms with van der Waals surface area (Å²) in [4.78, 5) is 19.1. The molecule has 1 saturated heterocycles. The summed E-state index contributed by atoms with van der Waals surface area (Å²) in [5.74, 6) is 2.50. The monoisotopic (exact) mass is 361 g/mol. The fourth-order valence-corrected chi connectivity index (χ4v) is 3.88. The van der Waals surface area contributed by atoms with Crippen molar-refractivity contribution in [3.8, 4) is 0 Å². The van der Waals surface area contributed by atoms with Gasteiger partial charge in [0, 0.05) is 37.5 Å². The van der Waals surface area contributed by atoms with Crippen molar-refractivity contribution >= 4 is 23.2 Å². The molecule has 1 aliphatic heterocycles. The molecule has 0 saturated carbocycles. The second kappa shape index (κ2) is 7.66. The van der Waals surface area contributed by atoms with E-state index in [0.717, 1.165) is 36.0 Å². The van der Waals surface area contributed by atoms with Crippen LogP contribution in [0.3, 0.4) is 0 Å². The zero-order chi connectivity index (χ0) is 18.0. The van der Waals surface area contributed by atoms with Gasteiger partial charge in [0.25, 0.3) is 0 Å². The van der Waals surface area contributed by atoms with E-state index in [1.807, 2.05) is 36.5 Å². The molecule has 6 nitrogen and oxygen atoms in total. The first-order valence-corrected chi connectivity index (χ1v) is 9.75. The maximum atomic E-state index is 10.5. The van der Waals surface area contributed by atoms with Crippen molar-refractivity contribution in [2.75, 3.05) is 30.4 Å². The van der Waals surface area contributed by atoms with Crippen LogP contribution in [0.4, 0.5) is 11.9 Å². The molecule has 0 aromatic carbocycles. The van der Waals surface area contributed by atoms with Gasteiger partial charge >= 0.3 is 0 Å². The number of anilines is 2. The summed E-state index contributed by atoms with van der Waals surface area (Å²) in [6, 6.07) is 4.24. The van der Waals surface area contributed by atoms with Crippen molar-refractivity contribution in [3.63, 3.8) is 0 Å². The molecule has 0 radical (unpaired) electrons. The Bertz CT molecular complexity index is 663. The van der Waals surface area contributed by atoms with Gasteiger partial charge in [-0.15, -0.1) is 11.3 Å². The SMILES string of the molecule is CC(C)c1nc(N(C)C)nc(N2CCCC2CC(O)c2cccs2)n1. The van der Waals surface area contributed by atoms with E-state index in [0.29, 0.717) is 12.4 Å². The van der Waals surface area contributed by atoms with E-state index in [-0.39, 0.29) is 12.0 Å². The highest BCUT2D eigenvalue weighted by atomic mass is 32.1. The molecule has 1 fully saturated rings. The molecule has 3 heterocycles. The lowest BCUT2D eigenvalue weighted by Gasteiger charge is -2.27. The normalized spacial score (nSPS) is 18.8. The summed E-state index contributed by atoms with van der Waals surface area (Å²) in [7, 11) is 3.90. The van der Waals surface area contributed by atoms with Crippen LogP contribution < -0.4 is 9.80 Å². The fourth-order valence-electron chi connectivity index (χ4n) is 3.15. The van der Waals surface area contributed by atoms with Crippen LogP contribution in [0.5, 0.6) is 0 Å². The number of aromatic nitrogens is 3. The quantitative estimate of drug-likeness (QED) is 0.852. The Balaban J connectivity index is 1.84. The number of aliphatic hydroxyl groups excluding tert-OH is 1. The summed E-state index contributed by atoms with van der Waals surface area (Å²) >= 11 is 1.61. The summed E-state index contributed by atoms with van der Waals surface area (Å²) in [5, 5.41) is 12.6. The number of nitrogens with zero attached hydrogens (tertiary/aromatic N) is 5. The largest absolute Gasteiger partial charge is 0.387 e. The van der Waals surface area contributed by atoms with Crippen LogP contribution in [0.25, 0.3) is 0 Å². The molecule has 25 heavy (non-hydrogen) atoms. The first-order chi connectivity index (χ1) is 12.0. The Morgan fingerprint density at radius 1 is 1.32 bits per heavy atom. The highest BCUT2D eigenvalue weighted by Crippen LogP contribution is 2.32. The molecule has 2 atom stereocenters. The van der Waals surface area contributed by atoms with Crippen molar-refractivity contribution < 1.29 is 5.11 Å². The Morgan fingerprint density at radius 3 is 2.76 bits per heavy atom. The van der Waals surface area contributed by atoms with Gasteiger partial charge in [-0.1, -0.05) is 19.9 Å². The van der Waals surface area contributed by atoms with Crippen LogP contribution in [0.1, 0.15) is 55.8 Å². The lowest BCUT2D eigenvalue weighted by molar-refractivity contribution is 0.161. The second-order valence-corrected chi connectivity index (χ2v) is 8.08. The maximum absolute atomic E-state index is 10.5. The van der Waals surface area contributed by atoms with E-state index in [1.54, 1.807) is 11.3 Å². The minimum atomic E-state index is -0.426. The molecular weight excluding hydrogens is 334 g/mol. The summed E-state index contributed by atoms with van der Waals surface area (Å²) in [6.07, 6.45) is 2.44. The van der Waals surface area contributed by atoms with Gasteiger partial charge < -0.3 is 14.9 Å². The van der Waals surface area contributed by atoms with E-state index in [9.17, 15) is 5.11 Å². The third kappa shape index (κ3) is 4.10. The number of hydrogen-bond acceptors (Lipinski definition) is 7. The first kappa shape index (κ1) is 18.1. The Kier molecular flexibility index (Phi) is 5.54. The highest BCUT2D eigenvalue weighted by Gasteiger charge is 2.30. The molecule has 0 aliphatic carbocycles. The molecule has 0 amide bonds. The summed E-state index contributed by atoms with van der Waals surface area (Å²) < 4.78 is 0. The predicted octanol–water partition coefficient (Wildman–Crippen LogP) is 3.22. The van der Waals surface area contributed by atoms with Gasteiger partial charge in [0.1, 0.15) is 5.82 Å². The third-order valence-electron chi connectivity index (χ3n) is 4.55. The molecule has 0 spiro atoms. The molecule has 1 aliphatic rings. The fraction of sp³-hybridized carbons (Fsp3) is 0.611. The Morgan fingerprint density at radius 2 is 2.12 bits per heavy atom. The topological polar surface area (TPSA) is 65.4 Å². The highest BCUT2D eigenvalue weighted by molar-refractivity contribution is 7.10. The Hall–Kier alpha value is -1.73. The van der Waals surface area contributed by atoms with Crippen LogP contribution in [0.15, 0.2) is 17.5 Å². The van der Waals surface area contributed by atoms with Crippen LogP contribution in [0, 0.1) is 0 Å². The number of rotatable bonds is 6. The standard InChI is InChI=1S/C18H27N5OS/c1-12(2)16-19-17(22(3)4)21-18(20-16)23-9-5-7-13(23)11-14(24)15-8-6-10-25-15/h6,8,10,12-14,24H,5,7,9,11H2,1-4H3. The van der Waals surface area contributed by atoms with Crippen molar-refractivity contribution in [1.29, 1.82) is 0 Å². The summed E-state index contributed by atoms with van der Waals surface area (Å²) in [6.45, 7) is 5.12. The molecule has 2 aromatic rings. The first-order valence-electron chi connectivity index (χ1n) is 8.87. The van der Waals surface area contributed by atoms with Crippen molar-refractivity contribution in [2.45, 2.75) is 51.2 Å². The van der Waals surface area contributed by atoms with E-state index >= 15 is 0 Å². The Labute approximate surface area is 153 Å². The zero-order valence-corrected chi connectivity index (χ0v) is 16.2. The van der Waals surface area contributed by atoms with Crippen molar-refractivity contribution in [3.05, 3.63) is 28.2 Å². The summed E-state index contributed by atoms with van der Waals surface area (Å²) in [5.41, 5.74) is 0. The minimum absolute atomic E-state index is 0.248. The number of thiophene rings is 1. The molecule has 2 unspecified atom stereocenters. The maximum Gasteiger partial charge on any atom is 0.230 e.